The first-order chi connectivity index (χ1) is 21.5. The molecule has 3 aromatic carbocycles. The van der Waals surface area contributed by atoms with Crippen molar-refractivity contribution in [3.8, 4) is 11.5 Å². The Bertz CT molecular complexity index is 1870. The number of thiazole rings is 1. The number of benzene rings is 3. The molecule has 3 atom stereocenters. The number of nitrogens with zero attached hydrogens (tertiary/aromatic N) is 2. The van der Waals surface area contributed by atoms with Gasteiger partial charge in [-0.3, -0.25) is 23.7 Å². The minimum Gasteiger partial charge on any atom is -0.497 e. The number of imide groups is 1. The van der Waals surface area contributed by atoms with Gasteiger partial charge in [-0.1, -0.05) is 47.4 Å². The molecule has 4 aromatic rings. The lowest BCUT2D eigenvalue weighted by molar-refractivity contribution is -0.137. The van der Waals surface area contributed by atoms with Gasteiger partial charge in [-0.2, -0.15) is 13.2 Å². The number of rotatable bonds is 7. The van der Waals surface area contributed by atoms with Crippen molar-refractivity contribution >= 4 is 52.2 Å². The summed E-state index contributed by atoms with van der Waals surface area (Å²) in [6.45, 7) is -0.376. The van der Waals surface area contributed by atoms with Gasteiger partial charge in [0.2, 0.25) is 17.7 Å². The molecule has 232 valence electrons. The van der Waals surface area contributed by atoms with Gasteiger partial charge in [-0.05, 0) is 48.5 Å². The number of nitrogens with one attached hydrogen (secondary N) is 1. The molecule has 14 heteroatoms. The van der Waals surface area contributed by atoms with E-state index in [1.807, 2.05) is 0 Å². The van der Waals surface area contributed by atoms with Gasteiger partial charge in [0.15, 0.2) is 0 Å². The Kier molecular flexibility index (Phi) is 7.95. The third-order valence-corrected chi connectivity index (χ3v) is 10.2. The lowest BCUT2D eigenvalue weighted by Crippen LogP contribution is -2.33. The number of carbonyl (C=O) groups is 3. The lowest BCUT2D eigenvalue weighted by Gasteiger charge is -2.31. The molecule has 1 fully saturated rings. The first-order valence-electron chi connectivity index (χ1n) is 13.5. The summed E-state index contributed by atoms with van der Waals surface area (Å²) < 4.78 is 52.6. The van der Waals surface area contributed by atoms with Crippen LogP contribution in [0.2, 0.25) is 0 Å². The topological polar surface area (TPSA) is 107 Å². The zero-order valence-corrected chi connectivity index (χ0v) is 25.3. The second-order valence-electron chi connectivity index (χ2n) is 10.2. The number of amides is 3. The van der Waals surface area contributed by atoms with Crippen molar-refractivity contribution in [3.05, 3.63) is 98.5 Å². The zero-order valence-electron chi connectivity index (χ0n) is 23.7. The van der Waals surface area contributed by atoms with E-state index in [1.165, 1.54) is 24.9 Å². The molecule has 6 rings (SSSR count). The maximum atomic E-state index is 14.0. The first kappa shape index (κ1) is 30.5. The normalized spacial score (nSPS) is 19.2. The van der Waals surface area contributed by atoms with E-state index >= 15 is 0 Å². The Labute approximate surface area is 262 Å². The number of alkyl halides is 3. The number of carbonyl (C=O) groups excluding carboxylic acids is 3. The van der Waals surface area contributed by atoms with Crippen LogP contribution in [0.4, 0.5) is 24.5 Å². The molecule has 3 heterocycles. The third-order valence-electron chi connectivity index (χ3n) is 7.63. The monoisotopic (exact) mass is 655 g/mol. The van der Waals surface area contributed by atoms with Crippen molar-refractivity contribution in [3.63, 3.8) is 0 Å². The second-order valence-corrected chi connectivity index (χ2v) is 12.4. The van der Waals surface area contributed by atoms with Crippen LogP contribution in [0, 0.1) is 5.92 Å². The van der Waals surface area contributed by atoms with Crippen LogP contribution >= 0.6 is 23.1 Å². The summed E-state index contributed by atoms with van der Waals surface area (Å²) in [6, 6.07) is 17.5. The molecule has 0 aliphatic carbocycles. The smallest absolute Gasteiger partial charge is 0.416 e. The Morgan fingerprint density at radius 3 is 2.36 bits per heavy atom. The van der Waals surface area contributed by atoms with E-state index in [2.05, 4.69) is 5.32 Å². The quantitative estimate of drug-likeness (QED) is 0.267. The molecule has 0 bridgehead atoms. The van der Waals surface area contributed by atoms with Crippen LogP contribution in [-0.2, 0) is 27.1 Å². The van der Waals surface area contributed by atoms with Crippen molar-refractivity contribution < 1.29 is 37.0 Å². The average Bonchev–Trinajstić information content (AvgIpc) is 3.47. The van der Waals surface area contributed by atoms with Gasteiger partial charge in [-0.15, -0.1) is 0 Å². The number of fused-ring (bicyclic) bond motifs is 2. The van der Waals surface area contributed by atoms with E-state index in [0.29, 0.717) is 32.7 Å². The minimum atomic E-state index is -4.68. The van der Waals surface area contributed by atoms with Gasteiger partial charge in [0.1, 0.15) is 23.3 Å². The van der Waals surface area contributed by atoms with Crippen molar-refractivity contribution in [2.45, 2.75) is 28.9 Å². The van der Waals surface area contributed by atoms with Crippen LogP contribution in [0.3, 0.4) is 0 Å². The predicted octanol–water partition coefficient (Wildman–Crippen LogP) is 5.38. The Morgan fingerprint density at radius 1 is 0.933 bits per heavy atom. The van der Waals surface area contributed by atoms with Gasteiger partial charge in [0.05, 0.1) is 36.4 Å². The van der Waals surface area contributed by atoms with E-state index in [4.69, 9.17) is 9.47 Å². The second kappa shape index (κ2) is 11.7. The van der Waals surface area contributed by atoms with Gasteiger partial charge in [0, 0.05) is 22.0 Å². The van der Waals surface area contributed by atoms with Crippen molar-refractivity contribution in [1.82, 2.24) is 4.57 Å². The number of aromatic nitrogens is 1. The summed E-state index contributed by atoms with van der Waals surface area (Å²) >= 11 is 1.81. The minimum absolute atomic E-state index is 0.201. The number of hydrogen-bond acceptors (Lipinski definition) is 8. The summed E-state index contributed by atoms with van der Waals surface area (Å²) in [5.41, 5.74) is -0.195. The SMILES string of the molecule is COc1ccc(NC(=O)Cn2c3c(sc2=O)[C@@H](c2ccccc2OC)[C@@H]2C(=O)N(c4cccc(C(F)(F)F)c4)C(=O)[C@@H]2S3)cc1. The highest BCUT2D eigenvalue weighted by atomic mass is 32.2. The predicted molar refractivity (Wildman–Crippen MR) is 162 cm³/mol. The fraction of sp³-hybridized carbons (Fsp3) is 0.226. The largest absolute Gasteiger partial charge is 0.497 e. The summed E-state index contributed by atoms with van der Waals surface area (Å²) in [5, 5.41) is 1.98. The van der Waals surface area contributed by atoms with Crippen LogP contribution in [0.15, 0.2) is 82.6 Å². The van der Waals surface area contributed by atoms with Gasteiger partial charge >= 0.3 is 11.0 Å². The molecule has 0 radical (unpaired) electrons. The molecule has 0 saturated carbocycles. The fourth-order valence-corrected chi connectivity index (χ4v) is 8.37. The Balaban J connectivity index is 1.41. The van der Waals surface area contributed by atoms with Crippen LogP contribution in [0.1, 0.15) is 21.9 Å². The zero-order chi connectivity index (χ0) is 32.0. The molecule has 1 aromatic heterocycles. The molecule has 0 unspecified atom stereocenters. The third kappa shape index (κ3) is 5.48. The molecule has 9 nitrogen and oxygen atoms in total. The standard InChI is InChI=1S/C31H24F3N3O6S2/c1-42-19-12-10-17(11-13-19)35-22(38)15-36-29-26(45-30(36)41)23(20-8-3-4-9-21(20)43-2)24-25(44-29)28(40)37(27(24)39)18-7-5-6-16(14-18)31(32,33)34/h3-14,23-25H,15H2,1-2H3,(H,35,38)/t23-,24-,25+/m0/s1. The molecule has 1 N–H and O–H groups in total. The molecular formula is C31H24F3N3O6S2. The summed E-state index contributed by atoms with van der Waals surface area (Å²) in [6.07, 6.45) is -4.68. The summed E-state index contributed by atoms with van der Waals surface area (Å²) in [5.74, 6) is -2.81. The lowest BCUT2D eigenvalue weighted by atomic mass is 9.82. The van der Waals surface area contributed by atoms with Gasteiger partial charge in [0.25, 0.3) is 0 Å². The first-order valence-corrected chi connectivity index (χ1v) is 15.2. The molecule has 0 spiro atoms. The number of halogens is 3. The molecule has 2 aliphatic heterocycles. The molecule has 2 aliphatic rings. The molecule has 45 heavy (non-hydrogen) atoms. The van der Waals surface area contributed by atoms with Crippen LogP contribution < -0.4 is 24.6 Å². The van der Waals surface area contributed by atoms with E-state index < -0.39 is 51.4 Å². The number of anilines is 2. The van der Waals surface area contributed by atoms with Crippen molar-refractivity contribution in [2.75, 3.05) is 24.4 Å². The Hall–Kier alpha value is -4.56. The van der Waals surface area contributed by atoms with Crippen LogP contribution in [-0.4, -0.2) is 41.8 Å². The van der Waals surface area contributed by atoms with Crippen LogP contribution in [0.5, 0.6) is 11.5 Å². The number of thioether (sulfide) groups is 1. The highest BCUT2D eigenvalue weighted by Crippen LogP contribution is 2.55. The van der Waals surface area contributed by atoms with E-state index in [0.717, 1.165) is 46.2 Å². The van der Waals surface area contributed by atoms with E-state index in [9.17, 15) is 32.3 Å². The molecule has 3 amide bonds. The van der Waals surface area contributed by atoms with E-state index in [-0.39, 0.29) is 12.2 Å². The number of para-hydroxylation sites is 1. The van der Waals surface area contributed by atoms with Crippen molar-refractivity contribution in [2.24, 2.45) is 5.92 Å². The highest BCUT2D eigenvalue weighted by molar-refractivity contribution is 8.00. The van der Waals surface area contributed by atoms with Gasteiger partial charge in [-0.25, -0.2) is 4.90 Å². The fourth-order valence-electron chi connectivity index (χ4n) is 5.61. The maximum Gasteiger partial charge on any atom is 0.416 e. The van der Waals surface area contributed by atoms with Crippen molar-refractivity contribution in [1.29, 1.82) is 0 Å². The highest BCUT2D eigenvalue weighted by Gasteiger charge is 2.57. The van der Waals surface area contributed by atoms with Crippen LogP contribution in [0.25, 0.3) is 0 Å². The van der Waals surface area contributed by atoms with E-state index in [1.54, 1.807) is 48.5 Å². The summed E-state index contributed by atoms with van der Waals surface area (Å²) in [7, 11) is 2.96. The number of methoxy groups -OCH3 is 2. The maximum absolute atomic E-state index is 14.0. The number of hydrogen-bond donors (Lipinski definition) is 1. The molecule has 1 saturated heterocycles. The number of ether oxygens (including phenoxy) is 2. The summed E-state index contributed by atoms with van der Waals surface area (Å²) in [4.78, 5) is 55.1. The Morgan fingerprint density at radius 2 is 1.67 bits per heavy atom. The molecular weight excluding hydrogens is 631 g/mol. The van der Waals surface area contributed by atoms with Gasteiger partial charge < -0.3 is 14.8 Å². The average molecular weight is 656 g/mol.